The average molecular weight is 573 g/mol. The number of hydrogen-bond donors (Lipinski definition) is 6. The summed E-state index contributed by atoms with van der Waals surface area (Å²) in [5, 5.41) is 38.3. The molecule has 224 valence electrons. The molecule has 0 aliphatic heterocycles. The van der Waals surface area contributed by atoms with Crippen molar-refractivity contribution in [3.05, 3.63) is 0 Å². The Morgan fingerprint density at radius 3 is 2.38 bits per heavy atom. The smallest absolute Gasteiger partial charge is 0.266 e. The van der Waals surface area contributed by atoms with E-state index in [1.165, 1.54) is 0 Å². The van der Waals surface area contributed by atoms with Gasteiger partial charge in [0, 0.05) is 13.0 Å². The number of carbonyl (C=O) groups is 2. The second-order valence-electron chi connectivity index (χ2n) is 13.5. The van der Waals surface area contributed by atoms with E-state index in [2.05, 4.69) is 31.4 Å². The molecule has 6 N–H and O–H groups in total. The first-order valence-corrected chi connectivity index (χ1v) is 16.3. The van der Waals surface area contributed by atoms with Crippen LogP contribution in [0.4, 0.5) is 0 Å². The van der Waals surface area contributed by atoms with Crippen LogP contribution in [0.25, 0.3) is 0 Å². The van der Waals surface area contributed by atoms with Gasteiger partial charge < -0.3 is 26.0 Å². The van der Waals surface area contributed by atoms with Crippen molar-refractivity contribution in [2.75, 3.05) is 18.8 Å². The number of fused-ring (bicyclic) bond motifs is 5. The lowest BCUT2D eigenvalue weighted by atomic mass is 9.43. The monoisotopic (exact) mass is 572 g/mol. The summed E-state index contributed by atoms with van der Waals surface area (Å²) < 4.78 is 30.2. The lowest BCUT2D eigenvalue weighted by molar-refractivity contribution is -0.207. The van der Waals surface area contributed by atoms with Crippen LogP contribution in [-0.2, 0) is 19.7 Å². The fraction of sp³-hybridized carbons (Fsp3) is 0.929. The van der Waals surface area contributed by atoms with Crippen molar-refractivity contribution in [3.63, 3.8) is 0 Å². The molecule has 2 amide bonds. The predicted octanol–water partition coefficient (Wildman–Crippen LogP) is 1.48. The van der Waals surface area contributed by atoms with E-state index in [0.717, 1.165) is 38.5 Å². The number of aliphatic hydroxyl groups excluding tert-OH is 3. The highest BCUT2D eigenvalue weighted by Gasteiger charge is 2.65. The van der Waals surface area contributed by atoms with E-state index in [9.17, 15) is 33.3 Å². The minimum atomic E-state index is -4.16. The van der Waals surface area contributed by atoms with Crippen LogP contribution < -0.4 is 10.6 Å². The minimum absolute atomic E-state index is 0.0336. The number of amides is 2. The molecule has 0 radical (unpaired) electrons. The number of rotatable bonds is 9. The zero-order chi connectivity index (χ0) is 28.8. The quantitative estimate of drug-likeness (QED) is 0.225. The molecule has 10 nitrogen and oxygen atoms in total. The molecule has 0 bridgehead atoms. The third-order valence-corrected chi connectivity index (χ3v) is 12.2. The van der Waals surface area contributed by atoms with E-state index in [-0.39, 0.29) is 77.9 Å². The van der Waals surface area contributed by atoms with Crippen molar-refractivity contribution in [2.24, 2.45) is 46.3 Å². The Labute approximate surface area is 232 Å². The van der Waals surface area contributed by atoms with Gasteiger partial charge in [0.05, 0.1) is 30.6 Å². The maximum Gasteiger partial charge on any atom is 0.266 e. The summed E-state index contributed by atoms with van der Waals surface area (Å²) >= 11 is 0. The SMILES string of the molecule is C[C@@H](CCC(=O)NCC(=O)NCCS(=O)(=O)O)[C@@H]1CC[C@@H]2[C@H]3[C@H](O)C[C@H]4C[C@@H](O)CC[C@]4(C)[C@@H]3C[C@@H](O)[C@]21C. The molecule has 0 saturated heterocycles. The summed E-state index contributed by atoms with van der Waals surface area (Å²) in [5.41, 5.74) is -0.297. The van der Waals surface area contributed by atoms with Crippen molar-refractivity contribution >= 4 is 21.9 Å². The second kappa shape index (κ2) is 11.5. The first-order valence-electron chi connectivity index (χ1n) is 14.7. The van der Waals surface area contributed by atoms with Crippen LogP contribution in [0.15, 0.2) is 0 Å². The molecule has 0 aromatic rings. The summed E-state index contributed by atoms with van der Waals surface area (Å²) in [4.78, 5) is 24.2. The Kier molecular flexibility index (Phi) is 9.08. The Balaban J connectivity index is 1.33. The molecule has 4 rings (SSSR count). The lowest BCUT2D eigenvalue weighted by Gasteiger charge is -2.63. The maximum absolute atomic E-state index is 12.4. The highest BCUT2D eigenvalue weighted by Crippen LogP contribution is 2.68. The Hall–Kier alpha value is -1.27. The van der Waals surface area contributed by atoms with E-state index in [1.807, 2.05) is 0 Å². The maximum atomic E-state index is 12.4. The van der Waals surface area contributed by atoms with Crippen LogP contribution >= 0.6 is 0 Å². The van der Waals surface area contributed by atoms with Crippen molar-refractivity contribution in [2.45, 2.75) is 96.9 Å². The van der Waals surface area contributed by atoms with Crippen molar-refractivity contribution < 1.29 is 37.9 Å². The molecule has 11 heteroatoms. The number of carbonyl (C=O) groups excluding carboxylic acids is 2. The van der Waals surface area contributed by atoms with Crippen LogP contribution in [-0.4, -0.2) is 77.3 Å². The molecule has 0 spiro atoms. The zero-order valence-corrected chi connectivity index (χ0v) is 24.3. The Bertz CT molecular complexity index is 1020. The number of nitrogens with one attached hydrogen (secondary N) is 2. The summed E-state index contributed by atoms with van der Waals surface area (Å²) in [5.74, 6) is -0.0801. The standard InChI is InChI=1S/C28H48N2O8S/c1-16(4-7-24(34)30-15-25(35)29-10-11-39(36,37)38)19-5-6-20-26-21(14-23(33)28(19,20)3)27(2)9-8-18(31)12-17(27)13-22(26)32/h16-23,26,31-33H,4-15H2,1-3H3,(H,29,35)(H,30,34)(H,36,37,38)/t16-,17+,18-,19-,20+,21+,22+,23+,26+,27-,28-/m0/s1. The molecule has 0 heterocycles. The average Bonchev–Trinajstić information content (AvgIpc) is 3.20. The van der Waals surface area contributed by atoms with Gasteiger partial charge in [-0.2, -0.15) is 8.42 Å². The van der Waals surface area contributed by atoms with Gasteiger partial charge in [-0.1, -0.05) is 20.8 Å². The van der Waals surface area contributed by atoms with Gasteiger partial charge in [-0.15, -0.1) is 0 Å². The van der Waals surface area contributed by atoms with E-state index in [0.29, 0.717) is 12.8 Å². The molecular weight excluding hydrogens is 524 g/mol. The van der Waals surface area contributed by atoms with Crippen molar-refractivity contribution in [1.82, 2.24) is 10.6 Å². The van der Waals surface area contributed by atoms with Crippen molar-refractivity contribution in [3.8, 4) is 0 Å². The largest absolute Gasteiger partial charge is 0.393 e. The Morgan fingerprint density at radius 2 is 1.69 bits per heavy atom. The fourth-order valence-corrected chi connectivity index (χ4v) is 9.70. The first-order chi connectivity index (χ1) is 18.2. The summed E-state index contributed by atoms with van der Waals surface area (Å²) in [6.07, 6.45) is 5.44. The normalized spacial score (nSPS) is 42.5. The van der Waals surface area contributed by atoms with Crippen LogP contribution in [0.5, 0.6) is 0 Å². The van der Waals surface area contributed by atoms with Gasteiger partial charge in [-0.25, -0.2) is 0 Å². The molecule has 39 heavy (non-hydrogen) atoms. The van der Waals surface area contributed by atoms with E-state index in [4.69, 9.17) is 4.55 Å². The van der Waals surface area contributed by atoms with Crippen molar-refractivity contribution in [1.29, 1.82) is 0 Å². The summed E-state index contributed by atoms with van der Waals surface area (Å²) in [6.45, 7) is 6.15. The van der Waals surface area contributed by atoms with Gasteiger partial charge in [0.25, 0.3) is 10.1 Å². The van der Waals surface area contributed by atoms with Gasteiger partial charge >= 0.3 is 0 Å². The van der Waals surface area contributed by atoms with Crippen LogP contribution in [0.1, 0.15) is 78.6 Å². The molecule has 4 fully saturated rings. The van der Waals surface area contributed by atoms with Gasteiger partial charge in [-0.05, 0) is 97.7 Å². The molecule has 0 aromatic heterocycles. The number of hydrogen-bond acceptors (Lipinski definition) is 7. The van der Waals surface area contributed by atoms with E-state index >= 15 is 0 Å². The van der Waals surface area contributed by atoms with E-state index < -0.39 is 34.0 Å². The van der Waals surface area contributed by atoms with Crippen LogP contribution in [0.3, 0.4) is 0 Å². The highest BCUT2D eigenvalue weighted by molar-refractivity contribution is 7.85. The van der Waals surface area contributed by atoms with Gasteiger partial charge in [0.2, 0.25) is 11.8 Å². The number of aliphatic hydroxyl groups is 3. The van der Waals surface area contributed by atoms with Crippen LogP contribution in [0, 0.1) is 46.3 Å². The molecule has 0 aromatic carbocycles. The third kappa shape index (κ3) is 6.17. The second-order valence-corrected chi connectivity index (χ2v) is 15.0. The Morgan fingerprint density at radius 1 is 0.974 bits per heavy atom. The topological polar surface area (TPSA) is 173 Å². The summed E-state index contributed by atoms with van der Waals surface area (Å²) in [6, 6.07) is 0. The molecule has 0 unspecified atom stereocenters. The minimum Gasteiger partial charge on any atom is -0.393 e. The first kappa shape index (κ1) is 30.7. The molecule has 4 aliphatic rings. The molecular formula is C28H48N2O8S. The van der Waals surface area contributed by atoms with E-state index in [1.54, 1.807) is 0 Å². The van der Waals surface area contributed by atoms with Gasteiger partial charge in [-0.3, -0.25) is 14.1 Å². The lowest BCUT2D eigenvalue weighted by Crippen LogP contribution is -2.62. The van der Waals surface area contributed by atoms with Gasteiger partial charge in [0.15, 0.2) is 0 Å². The fourth-order valence-electron chi connectivity index (χ4n) is 9.34. The molecule has 4 saturated carbocycles. The molecule has 4 aliphatic carbocycles. The predicted molar refractivity (Wildman–Crippen MR) is 145 cm³/mol. The third-order valence-electron chi connectivity index (χ3n) is 11.5. The summed E-state index contributed by atoms with van der Waals surface area (Å²) in [7, 11) is -4.16. The molecule has 11 atom stereocenters. The zero-order valence-electron chi connectivity index (χ0n) is 23.5. The highest BCUT2D eigenvalue weighted by atomic mass is 32.2. The van der Waals surface area contributed by atoms with Gasteiger partial charge in [0.1, 0.15) is 0 Å². The van der Waals surface area contributed by atoms with Crippen LogP contribution in [0.2, 0.25) is 0 Å².